The molecule has 0 aromatic carbocycles. The first-order valence-electron chi connectivity index (χ1n) is 4.24. The Kier molecular flexibility index (Phi) is 3.22. The Hall–Kier alpha value is -1.85. The molecule has 0 saturated carbocycles. The Labute approximate surface area is 81.8 Å². The zero-order chi connectivity index (χ0) is 10.6. The minimum atomic E-state index is -0.135. The van der Waals surface area contributed by atoms with Crippen molar-refractivity contribution in [3.63, 3.8) is 0 Å². The number of nitrogens with zero attached hydrogens (tertiary/aromatic N) is 3. The second-order valence-electron chi connectivity index (χ2n) is 2.76. The molecule has 0 radical (unpaired) electrons. The van der Waals surface area contributed by atoms with Gasteiger partial charge in [0.2, 0.25) is 5.91 Å². The maximum absolute atomic E-state index is 10.8. The summed E-state index contributed by atoms with van der Waals surface area (Å²) in [5, 5.41) is 7.65. The van der Waals surface area contributed by atoms with E-state index < -0.39 is 0 Å². The predicted molar refractivity (Wildman–Crippen MR) is 53.6 cm³/mol. The van der Waals surface area contributed by atoms with Gasteiger partial charge in [0.05, 0.1) is 18.0 Å². The highest BCUT2D eigenvalue weighted by Crippen LogP contribution is 2.04. The lowest BCUT2D eigenvalue weighted by Gasteiger charge is -1.95. The number of carbonyl (C=O) groups is 1. The van der Waals surface area contributed by atoms with Crippen molar-refractivity contribution in [2.24, 2.45) is 12.1 Å². The van der Waals surface area contributed by atoms with Crippen molar-refractivity contribution in [1.82, 2.24) is 15.2 Å². The number of aryl methyl sites for hydroxylation is 1. The lowest BCUT2D eigenvalue weighted by molar-refractivity contribution is -0.120. The van der Waals surface area contributed by atoms with Gasteiger partial charge in [0, 0.05) is 13.5 Å². The number of nitrogens with one attached hydrogen (secondary N) is 1. The van der Waals surface area contributed by atoms with Crippen LogP contribution in [0.15, 0.2) is 11.3 Å². The first-order chi connectivity index (χ1) is 6.65. The molecule has 1 aromatic heterocycles. The van der Waals surface area contributed by atoms with Crippen LogP contribution in [0.25, 0.3) is 0 Å². The molecule has 0 bridgehead atoms. The normalized spacial score (nSPS) is 10.7. The molecule has 76 valence electrons. The Morgan fingerprint density at radius 2 is 2.57 bits per heavy atom. The van der Waals surface area contributed by atoms with Crippen LogP contribution in [0, 0.1) is 0 Å². The van der Waals surface area contributed by atoms with Crippen molar-refractivity contribution >= 4 is 17.9 Å². The van der Waals surface area contributed by atoms with Crippen molar-refractivity contribution in [2.45, 2.75) is 13.3 Å². The van der Waals surface area contributed by atoms with Crippen molar-refractivity contribution in [3.05, 3.63) is 11.8 Å². The highest BCUT2D eigenvalue weighted by Gasteiger charge is 2.00. The number of rotatable bonds is 3. The molecule has 0 fully saturated rings. The number of anilines is 1. The van der Waals surface area contributed by atoms with Gasteiger partial charge in [-0.25, -0.2) is 5.43 Å². The third kappa shape index (κ3) is 2.32. The van der Waals surface area contributed by atoms with Crippen LogP contribution in [-0.2, 0) is 11.8 Å². The first-order valence-corrected chi connectivity index (χ1v) is 4.24. The third-order valence-corrected chi connectivity index (χ3v) is 1.73. The third-order valence-electron chi connectivity index (χ3n) is 1.73. The van der Waals surface area contributed by atoms with E-state index in [9.17, 15) is 4.79 Å². The summed E-state index contributed by atoms with van der Waals surface area (Å²) >= 11 is 0. The fourth-order valence-electron chi connectivity index (χ4n) is 0.816. The average Bonchev–Trinajstić information content (AvgIpc) is 2.49. The van der Waals surface area contributed by atoms with E-state index >= 15 is 0 Å². The number of amides is 1. The summed E-state index contributed by atoms with van der Waals surface area (Å²) in [5.41, 5.74) is 8.69. The summed E-state index contributed by atoms with van der Waals surface area (Å²) in [6, 6.07) is 0. The number of aromatic nitrogens is 2. The molecule has 6 heteroatoms. The van der Waals surface area contributed by atoms with E-state index in [2.05, 4.69) is 15.6 Å². The van der Waals surface area contributed by atoms with E-state index in [4.69, 9.17) is 5.73 Å². The molecule has 1 heterocycles. The fraction of sp³-hybridized carbons (Fsp3) is 0.375. The number of nitrogens with two attached hydrogens (primary N) is 1. The molecule has 6 nitrogen and oxygen atoms in total. The summed E-state index contributed by atoms with van der Waals surface area (Å²) in [7, 11) is 1.73. The Morgan fingerprint density at radius 3 is 3.07 bits per heavy atom. The molecule has 1 amide bonds. The molecule has 0 aliphatic rings. The molecular weight excluding hydrogens is 182 g/mol. The number of carbonyl (C=O) groups excluding carboxylic acids is 1. The van der Waals surface area contributed by atoms with Gasteiger partial charge >= 0.3 is 0 Å². The number of hydrogen-bond acceptors (Lipinski definition) is 4. The van der Waals surface area contributed by atoms with Gasteiger partial charge in [0.25, 0.3) is 0 Å². The van der Waals surface area contributed by atoms with Crippen LogP contribution in [0.3, 0.4) is 0 Å². The van der Waals surface area contributed by atoms with E-state index in [1.54, 1.807) is 20.2 Å². The van der Waals surface area contributed by atoms with E-state index in [1.807, 2.05) is 0 Å². The van der Waals surface area contributed by atoms with E-state index in [-0.39, 0.29) is 5.91 Å². The zero-order valence-electron chi connectivity index (χ0n) is 8.19. The van der Waals surface area contributed by atoms with Crippen molar-refractivity contribution in [1.29, 1.82) is 0 Å². The Bertz CT molecular complexity index is 355. The number of hydrogen-bond donors (Lipinski definition) is 2. The summed E-state index contributed by atoms with van der Waals surface area (Å²) in [5.74, 6) is 0.378. The van der Waals surface area contributed by atoms with Crippen LogP contribution in [0.5, 0.6) is 0 Å². The molecule has 0 atom stereocenters. The molecule has 0 aliphatic heterocycles. The summed E-state index contributed by atoms with van der Waals surface area (Å²) in [4.78, 5) is 10.8. The molecule has 0 spiro atoms. The van der Waals surface area contributed by atoms with E-state index in [0.29, 0.717) is 17.8 Å². The molecule has 1 aromatic rings. The lowest BCUT2D eigenvalue weighted by atomic mass is 10.4. The molecule has 14 heavy (non-hydrogen) atoms. The highest BCUT2D eigenvalue weighted by atomic mass is 16.2. The Morgan fingerprint density at radius 1 is 1.86 bits per heavy atom. The maximum atomic E-state index is 10.8. The molecule has 0 unspecified atom stereocenters. The van der Waals surface area contributed by atoms with E-state index in [1.165, 1.54) is 10.9 Å². The van der Waals surface area contributed by atoms with Gasteiger partial charge in [-0.05, 0) is 0 Å². The minimum Gasteiger partial charge on any atom is -0.383 e. The SMILES string of the molecule is CCC(=O)N/N=C/c1cnn(C)c1N. The monoisotopic (exact) mass is 195 g/mol. The van der Waals surface area contributed by atoms with Gasteiger partial charge in [-0.15, -0.1) is 0 Å². The van der Waals surface area contributed by atoms with Gasteiger partial charge in [0.1, 0.15) is 5.82 Å². The smallest absolute Gasteiger partial charge is 0.239 e. The predicted octanol–water partition coefficient (Wildman–Crippen LogP) is -0.138. The molecule has 0 aliphatic carbocycles. The summed E-state index contributed by atoms with van der Waals surface area (Å²) in [6.45, 7) is 1.75. The largest absolute Gasteiger partial charge is 0.383 e. The number of hydrazone groups is 1. The standard InChI is InChI=1S/C8H13N5O/c1-3-7(14)12-10-4-6-5-11-13(2)8(6)9/h4-5H,3,9H2,1-2H3,(H,12,14)/b10-4+. The minimum absolute atomic E-state index is 0.135. The fourth-order valence-corrected chi connectivity index (χ4v) is 0.816. The average molecular weight is 195 g/mol. The second kappa shape index (κ2) is 4.40. The van der Waals surface area contributed by atoms with Gasteiger partial charge < -0.3 is 5.73 Å². The molecule has 0 saturated heterocycles. The second-order valence-corrected chi connectivity index (χ2v) is 2.76. The molecular formula is C8H13N5O. The van der Waals surface area contributed by atoms with Crippen LogP contribution in [0.2, 0.25) is 0 Å². The van der Waals surface area contributed by atoms with E-state index in [0.717, 1.165) is 0 Å². The number of nitrogen functional groups attached to an aromatic ring is 1. The van der Waals surface area contributed by atoms with Crippen LogP contribution < -0.4 is 11.2 Å². The van der Waals surface area contributed by atoms with Crippen LogP contribution >= 0.6 is 0 Å². The van der Waals surface area contributed by atoms with Gasteiger partial charge in [-0.1, -0.05) is 6.92 Å². The van der Waals surface area contributed by atoms with Gasteiger partial charge in [-0.2, -0.15) is 10.2 Å². The topological polar surface area (TPSA) is 85.3 Å². The summed E-state index contributed by atoms with van der Waals surface area (Å²) < 4.78 is 1.53. The van der Waals surface area contributed by atoms with Crippen molar-refractivity contribution < 1.29 is 4.79 Å². The van der Waals surface area contributed by atoms with Crippen LogP contribution in [0.4, 0.5) is 5.82 Å². The van der Waals surface area contributed by atoms with Crippen molar-refractivity contribution in [3.8, 4) is 0 Å². The maximum Gasteiger partial charge on any atom is 0.239 e. The van der Waals surface area contributed by atoms with Crippen molar-refractivity contribution in [2.75, 3.05) is 5.73 Å². The molecule has 1 rings (SSSR count). The first kappa shape index (κ1) is 10.2. The molecule has 3 N–H and O–H groups in total. The lowest BCUT2D eigenvalue weighted by Crippen LogP contribution is -2.15. The van der Waals surface area contributed by atoms with Crippen LogP contribution in [-0.4, -0.2) is 21.9 Å². The van der Waals surface area contributed by atoms with Gasteiger partial charge in [-0.3, -0.25) is 9.48 Å². The zero-order valence-corrected chi connectivity index (χ0v) is 8.19. The summed E-state index contributed by atoms with van der Waals surface area (Å²) in [6.07, 6.45) is 3.45. The quantitative estimate of drug-likeness (QED) is 0.520. The Balaban J connectivity index is 2.60. The van der Waals surface area contributed by atoms with Crippen LogP contribution in [0.1, 0.15) is 18.9 Å². The highest BCUT2D eigenvalue weighted by molar-refractivity contribution is 5.86. The van der Waals surface area contributed by atoms with Gasteiger partial charge in [0.15, 0.2) is 0 Å².